The summed E-state index contributed by atoms with van der Waals surface area (Å²) in [5.41, 5.74) is 0.593. The number of aryl methyl sites for hydroxylation is 1. The number of rotatable bonds is 4. The van der Waals surface area contributed by atoms with Gasteiger partial charge in [0.05, 0.1) is 12.2 Å². The SMILES string of the molecule is CCOc1ccccc1C(=O)N[C@H]1CCc2nccn2C1. The molecule has 0 fully saturated rings. The van der Waals surface area contributed by atoms with Gasteiger partial charge in [0, 0.05) is 31.4 Å². The van der Waals surface area contributed by atoms with Crippen molar-refractivity contribution in [3.05, 3.63) is 48.0 Å². The van der Waals surface area contributed by atoms with Gasteiger partial charge in [0.1, 0.15) is 11.6 Å². The molecule has 2 aromatic rings. The van der Waals surface area contributed by atoms with Crippen molar-refractivity contribution in [2.24, 2.45) is 0 Å². The van der Waals surface area contributed by atoms with E-state index in [1.165, 1.54) is 0 Å². The molecule has 1 aliphatic heterocycles. The molecule has 0 bridgehead atoms. The monoisotopic (exact) mass is 285 g/mol. The Morgan fingerprint density at radius 3 is 3.19 bits per heavy atom. The summed E-state index contributed by atoms with van der Waals surface area (Å²) in [6.07, 6.45) is 5.58. The van der Waals surface area contributed by atoms with Crippen LogP contribution in [0, 0.1) is 0 Å². The number of nitrogens with zero attached hydrogens (tertiary/aromatic N) is 2. The summed E-state index contributed by atoms with van der Waals surface area (Å²) in [5, 5.41) is 3.10. The molecule has 1 amide bonds. The maximum absolute atomic E-state index is 12.4. The summed E-state index contributed by atoms with van der Waals surface area (Å²) in [7, 11) is 0. The number of hydrogen-bond acceptors (Lipinski definition) is 3. The number of hydrogen-bond donors (Lipinski definition) is 1. The predicted molar refractivity (Wildman–Crippen MR) is 79.4 cm³/mol. The lowest BCUT2D eigenvalue weighted by atomic mass is 10.1. The first-order valence-electron chi connectivity index (χ1n) is 7.30. The Hall–Kier alpha value is -2.30. The van der Waals surface area contributed by atoms with E-state index >= 15 is 0 Å². The number of nitrogens with one attached hydrogen (secondary N) is 1. The van der Waals surface area contributed by atoms with E-state index in [0.29, 0.717) is 17.9 Å². The molecule has 0 radical (unpaired) electrons. The fraction of sp³-hybridized carbons (Fsp3) is 0.375. The molecule has 1 N–H and O–H groups in total. The molecule has 1 aromatic carbocycles. The summed E-state index contributed by atoms with van der Waals surface area (Å²) in [6, 6.07) is 7.49. The van der Waals surface area contributed by atoms with Crippen molar-refractivity contribution < 1.29 is 9.53 Å². The highest BCUT2D eigenvalue weighted by Crippen LogP contribution is 2.19. The largest absolute Gasteiger partial charge is 0.493 e. The standard InChI is InChI=1S/C16H19N3O2/c1-2-21-14-6-4-3-5-13(14)16(20)18-12-7-8-15-17-9-10-19(15)11-12/h3-6,9-10,12H,2,7-8,11H2,1H3,(H,18,20)/t12-/m0/s1. The van der Waals surface area contributed by atoms with Crippen LogP contribution in [0.4, 0.5) is 0 Å². The highest BCUT2D eigenvalue weighted by Gasteiger charge is 2.22. The van der Waals surface area contributed by atoms with Gasteiger partial charge in [0.15, 0.2) is 0 Å². The Bertz CT molecular complexity index is 636. The van der Waals surface area contributed by atoms with E-state index in [1.807, 2.05) is 37.5 Å². The molecule has 110 valence electrons. The third-order valence-electron chi connectivity index (χ3n) is 3.70. The molecular weight excluding hydrogens is 266 g/mol. The zero-order chi connectivity index (χ0) is 14.7. The minimum atomic E-state index is -0.0763. The summed E-state index contributed by atoms with van der Waals surface area (Å²) >= 11 is 0. The number of imidazole rings is 1. The number of carbonyl (C=O) groups excluding carboxylic acids is 1. The molecule has 2 heterocycles. The average Bonchev–Trinajstić information content (AvgIpc) is 2.95. The van der Waals surface area contributed by atoms with E-state index in [2.05, 4.69) is 14.9 Å². The molecule has 21 heavy (non-hydrogen) atoms. The van der Waals surface area contributed by atoms with E-state index in [0.717, 1.165) is 25.2 Å². The maximum Gasteiger partial charge on any atom is 0.255 e. The van der Waals surface area contributed by atoms with Crippen LogP contribution in [0.25, 0.3) is 0 Å². The van der Waals surface area contributed by atoms with Crippen LogP contribution in [-0.2, 0) is 13.0 Å². The molecule has 0 saturated heterocycles. The van der Waals surface area contributed by atoms with Gasteiger partial charge < -0.3 is 14.6 Å². The third kappa shape index (κ3) is 2.91. The summed E-state index contributed by atoms with van der Waals surface area (Å²) in [4.78, 5) is 16.7. The summed E-state index contributed by atoms with van der Waals surface area (Å²) in [6.45, 7) is 3.24. The van der Waals surface area contributed by atoms with Gasteiger partial charge in [-0.2, -0.15) is 0 Å². The zero-order valence-corrected chi connectivity index (χ0v) is 12.1. The molecule has 3 rings (SSSR count). The highest BCUT2D eigenvalue weighted by atomic mass is 16.5. The minimum Gasteiger partial charge on any atom is -0.493 e. The number of fused-ring (bicyclic) bond motifs is 1. The van der Waals surface area contributed by atoms with Crippen LogP contribution < -0.4 is 10.1 Å². The first kappa shape index (κ1) is 13.7. The van der Waals surface area contributed by atoms with Gasteiger partial charge in [-0.05, 0) is 25.5 Å². The number of amides is 1. The maximum atomic E-state index is 12.4. The zero-order valence-electron chi connectivity index (χ0n) is 12.1. The number of carbonyl (C=O) groups is 1. The molecule has 5 heteroatoms. The molecular formula is C16H19N3O2. The molecule has 0 aliphatic carbocycles. The van der Waals surface area contributed by atoms with Crippen LogP contribution in [-0.4, -0.2) is 28.1 Å². The fourth-order valence-electron chi connectivity index (χ4n) is 2.68. The normalized spacial score (nSPS) is 17.1. The Kier molecular flexibility index (Phi) is 3.90. The van der Waals surface area contributed by atoms with E-state index in [-0.39, 0.29) is 11.9 Å². The molecule has 1 aromatic heterocycles. The lowest BCUT2D eigenvalue weighted by Gasteiger charge is -2.25. The lowest BCUT2D eigenvalue weighted by molar-refractivity contribution is 0.0923. The molecule has 1 atom stereocenters. The van der Waals surface area contributed by atoms with Crippen molar-refractivity contribution in [1.29, 1.82) is 0 Å². The number of ether oxygens (including phenoxy) is 1. The summed E-state index contributed by atoms with van der Waals surface area (Å²) in [5.74, 6) is 1.65. The van der Waals surface area contributed by atoms with Crippen LogP contribution in [0.15, 0.2) is 36.7 Å². The smallest absolute Gasteiger partial charge is 0.255 e. The van der Waals surface area contributed by atoms with E-state index in [4.69, 9.17) is 4.74 Å². The molecule has 0 spiro atoms. The van der Waals surface area contributed by atoms with Crippen LogP contribution >= 0.6 is 0 Å². The predicted octanol–water partition coefficient (Wildman–Crippen LogP) is 2.03. The third-order valence-corrected chi connectivity index (χ3v) is 3.70. The fourth-order valence-corrected chi connectivity index (χ4v) is 2.68. The topological polar surface area (TPSA) is 56.1 Å². The van der Waals surface area contributed by atoms with Gasteiger partial charge in [-0.3, -0.25) is 4.79 Å². The minimum absolute atomic E-state index is 0.0763. The average molecular weight is 285 g/mol. The first-order valence-corrected chi connectivity index (χ1v) is 7.30. The second-order valence-electron chi connectivity index (χ2n) is 5.13. The quantitative estimate of drug-likeness (QED) is 0.935. The Balaban J connectivity index is 1.70. The summed E-state index contributed by atoms with van der Waals surface area (Å²) < 4.78 is 7.62. The van der Waals surface area contributed by atoms with Gasteiger partial charge >= 0.3 is 0 Å². The van der Waals surface area contributed by atoms with E-state index < -0.39 is 0 Å². The van der Waals surface area contributed by atoms with Crippen molar-refractivity contribution in [3.63, 3.8) is 0 Å². The first-order chi connectivity index (χ1) is 10.3. The second kappa shape index (κ2) is 5.99. The van der Waals surface area contributed by atoms with Crippen LogP contribution in [0.1, 0.15) is 29.5 Å². The number of benzene rings is 1. The van der Waals surface area contributed by atoms with E-state index in [1.54, 1.807) is 6.07 Å². The van der Waals surface area contributed by atoms with Crippen molar-refractivity contribution in [3.8, 4) is 5.75 Å². The van der Waals surface area contributed by atoms with Gasteiger partial charge in [0.2, 0.25) is 0 Å². The van der Waals surface area contributed by atoms with Crippen LogP contribution in [0.3, 0.4) is 0 Å². The van der Waals surface area contributed by atoms with Crippen molar-refractivity contribution in [2.75, 3.05) is 6.61 Å². The van der Waals surface area contributed by atoms with Crippen molar-refractivity contribution >= 4 is 5.91 Å². The molecule has 1 aliphatic rings. The lowest BCUT2D eigenvalue weighted by Crippen LogP contribution is -2.41. The Labute approximate surface area is 124 Å². The number of para-hydroxylation sites is 1. The van der Waals surface area contributed by atoms with Crippen LogP contribution in [0.2, 0.25) is 0 Å². The molecule has 0 unspecified atom stereocenters. The van der Waals surface area contributed by atoms with Crippen molar-refractivity contribution in [1.82, 2.24) is 14.9 Å². The van der Waals surface area contributed by atoms with Gasteiger partial charge in [0.25, 0.3) is 5.91 Å². The highest BCUT2D eigenvalue weighted by molar-refractivity contribution is 5.97. The Morgan fingerprint density at radius 2 is 2.33 bits per heavy atom. The van der Waals surface area contributed by atoms with Gasteiger partial charge in [-0.25, -0.2) is 4.98 Å². The molecule has 5 nitrogen and oxygen atoms in total. The number of aromatic nitrogens is 2. The second-order valence-corrected chi connectivity index (χ2v) is 5.13. The van der Waals surface area contributed by atoms with Crippen molar-refractivity contribution in [2.45, 2.75) is 32.4 Å². The molecule has 0 saturated carbocycles. The van der Waals surface area contributed by atoms with E-state index in [9.17, 15) is 4.79 Å². The van der Waals surface area contributed by atoms with Crippen LogP contribution in [0.5, 0.6) is 5.75 Å². The Morgan fingerprint density at radius 1 is 1.48 bits per heavy atom. The van der Waals surface area contributed by atoms with Gasteiger partial charge in [-0.15, -0.1) is 0 Å². The van der Waals surface area contributed by atoms with Gasteiger partial charge in [-0.1, -0.05) is 12.1 Å².